The SMILES string of the molecule is Cl.Cl.NC(CNC(=O)c1ccc(Oc2ccncc2)c(Cl)c1)C1CC1. The lowest BCUT2D eigenvalue weighted by molar-refractivity contribution is 0.0950. The molecule has 0 aliphatic heterocycles. The highest BCUT2D eigenvalue weighted by molar-refractivity contribution is 6.32. The molecule has 1 heterocycles. The van der Waals surface area contributed by atoms with Crippen molar-refractivity contribution >= 4 is 42.3 Å². The van der Waals surface area contributed by atoms with Crippen LogP contribution in [-0.4, -0.2) is 23.5 Å². The average molecular weight is 405 g/mol. The van der Waals surface area contributed by atoms with Gasteiger partial charge >= 0.3 is 0 Å². The van der Waals surface area contributed by atoms with Gasteiger partial charge in [0.05, 0.1) is 5.02 Å². The number of nitrogens with one attached hydrogen (secondary N) is 1. The lowest BCUT2D eigenvalue weighted by atomic mass is 10.1. The van der Waals surface area contributed by atoms with Gasteiger partial charge in [-0.25, -0.2) is 0 Å². The van der Waals surface area contributed by atoms with Crippen LogP contribution in [-0.2, 0) is 0 Å². The zero-order valence-corrected chi connectivity index (χ0v) is 15.7. The van der Waals surface area contributed by atoms with E-state index in [0.717, 1.165) is 12.8 Å². The third kappa shape index (κ3) is 6.04. The van der Waals surface area contributed by atoms with Gasteiger partial charge in [-0.3, -0.25) is 9.78 Å². The molecule has 3 N–H and O–H groups in total. The lowest BCUT2D eigenvalue weighted by Crippen LogP contribution is -2.38. The van der Waals surface area contributed by atoms with Crippen molar-refractivity contribution in [2.75, 3.05) is 6.54 Å². The molecular formula is C17H20Cl3N3O2. The molecule has 25 heavy (non-hydrogen) atoms. The molecule has 5 nitrogen and oxygen atoms in total. The van der Waals surface area contributed by atoms with Crippen molar-refractivity contribution in [1.29, 1.82) is 0 Å². The molecule has 1 aliphatic rings. The summed E-state index contributed by atoms with van der Waals surface area (Å²) in [6.45, 7) is 0.483. The first-order chi connectivity index (χ1) is 11.1. The number of pyridine rings is 1. The molecule has 1 atom stereocenters. The van der Waals surface area contributed by atoms with Gasteiger partial charge in [-0.1, -0.05) is 11.6 Å². The predicted molar refractivity (Wildman–Crippen MR) is 103 cm³/mol. The highest BCUT2D eigenvalue weighted by Gasteiger charge is 2.28. The fourth-order valence-corrected chi connectivity index (χ4v) is 2.48. The molecule has 1 aromatic heterocycles. The van der Waals surface area contributed by atoms with Crippen molar-refractivity contribution in [3.8, 4) is 11.5 Å². The molecule has 2 aromatic rings. The number of amides is 1. The quantitative estimate of drug-likeness (QED) is 0.767. The number of nitrogens with two attached hydrogens (primary N) is 1. The standard InChI is InChI=1S/C17H18ClN3O2.2ClH/c18-14-9-12(17(22)21-10-15(19)11-1-2-11)3-4-16(14)23-13-5-7-20-8-6-13;;/h3-9,11,15H,1-2,10,19H2,(H,21,22);2*1H. The van der Waals surface area contributed by atoms with Gasteiger partial charge in [0, 0.05) is 30.5 Å². The van der Waals surface area contributed by atoms with Crippen molar-refractivity contribution in [2.45, 2.75) is 18.9 Å². The minimum absolute atomic E-state index is 0. The van der Waals surface area contributed by atoms with E-state index in [9.17, 15) is 4.79 Å². The van der Waals surface area contributed by atoms with Crippen LogP contribution in [0.5, 0.6) is 11.5 Å². The Labute approximate surface area is 164 Å². The first kappa shape index (κ1) is 21.5. The Bertz CT molecular complexity index is 697. The van der Waals surface area contributed by atoms with Crippen molar-refractivity contribution in [1.82, 2.24) is 10.3 Å². The molecule has 0 spiro atoms. The van der Waals surface area contributed by atoms with Crippen LogP contribution in [0.1, 0.15) is 23.2 Å². The number of carbonyl (C=O) groups is 1. The van der Waals surface area contributed by atoms with Crippen molar-refractivity contribution in [2.24, 2.45) is 11.7 Å². The molecule has 0 radical (unpaired) electrons. The van der Waals surface area contributed by atoms with E-state index in [2.05, 4.69) is 10.3 Å². The van der Waals surface area contributed by atoms with Crippen LogP contribution < -0.4 is 15.8 Å². The summed E-state index contributed by atoms with van der Waals surface area (Å²) in [6.07, 6.45) is 5.58. The minimum Gasteiger partial charge on any atom is -0.456 e. The van der Waals surface area contributed by atoms with Crippen LogP contribution in [0.2, 0.25) is 5.02 Å². The summed E-state index contributed by atoms with van der Waals surface area (Å²) in [5.74, 6) is 1.49. The summed E-state index contributed by atoms with van der Waals surface area (Å²) >= 11 is 6.20. The summed E-state index contributed by atoms with van der Waals surface area (Å²) in [5.41, 5.74) is 6.47. The van der Waals surface area contributed by atoms with Gasteiger partial charge < -0.3 is 15.8 Å². The lowest BCUT2D eigenvalue weighted by Gasteiger charge is -2.12. The fourth-order valence-electron chi connectivity index (χ4n) is 2.26. The minimum atomic E-state index is -0.182. The molecule has 1 aromatic carbocycles. The Balaban J connectivity index is 0.00000156. The summed E-state index contributed by atoms with van der Waals surface area (Å²) in [6, 6.07) is 8.45. The third-order valence-corrected chi connectivity index (χ3v) is 4.09. The maximum atomic E-state index is 12.1. The molecule has 1 amide bonds. The number of benzene rings is 1. The van der Waals surface area contributed by atoms with Gasteiger partial charge in [-0.05, 0) is 49.1 Å². The molecule has 1 aliphatic carbocycles. The monoisotopic (exact) mass is 403 g/mol. The zero-order valence-electron chi connectivity index (χ0n) is 13.4. The van der Waals surface area contributed by atoms with Crippen molar-refractivity contribution < 1.29 is 9.53 Å². The second-order valence-electron chi connectivity index (χ2n) is 5.64. The van der Waals surface area contributed by atoms with Gasteiger partial charge in [-0.2, -0.15) is 0 Å². The Morgan fingerprint density at radius 3 is 2.56 bits per heavy atom. The van der Waals surface area contributed by atoms with Gasteiger partial charge in [0.2, 0.25) is 0 Å². The molecule has 8 heteroatoms. The van der Waals surface area contributed by atoms with Gasteiger partial charge in [0.1, 0.15) is 11.5 Å². The van der Waals surface area contributed by atoms with Crippen LogP contribution in [0.15, 0.2) is 42.7 Å². The number of rotatable bonds is 6. The first-order valence-electron chi connectivity index (χ1n) is 7.54. The number of nitrogens with zero attached hydrogens (tertiary/aromatic N) is 1. The van der Waals surface area contributed by atoms with E-state index in [4.69, 9.17) is 22.1 Å². The van der Waals surface area contributed by atoms with Gasteiger partial charge in [-0.15, -0.1) is 24.8 Å². The molecule has 136 valence electrons. The Morgan fingerprint density at radius 2 is 1.96 bits per heavy atom. The van der Waals surface area contributed by atoms with E-state index in [1.807, 2.05) is 0 Å². The van der Waals surface area contributed by atoms with E-state index in [-0.39, 0.29) is 36.8 Å². The number of ether oxygens (including phenoxy) is 1. The van der Waals surface area contributed by atoms with Crippen molar-refractivity contribution in [3.05, 3.63) is 53.3 Å². The normalized spacial score (nSPS) is 13.8. The number of hydrogen-bond donors (Lipinski definition) is 2. The smallest absolute Gasteiger partial charge is 0.251 e. The molecule has 0 bridgehead atoms. The van der Waals surface area contributed by atoms with Crippen LogP contribution in [0.3, 0.4) is 0 Å². The average Bonchev–Trinajstić information content (AvgIpc) is 3.40. The summed E-state index contributed by atoms with van der Waals surface area (Å²) in [4.78, 5) is 16.1. The summed E-state index contributed by atoms with van der Waals surface area (Å²) < 4.78 is 5.66. The second kappa shape index (κ2) is 9.82. The Hall–Kier alpha value is -1.53. The van der Waals surface area contributed by atoms with Crippen LogP contribution >= 0.6 is 36.4 Å². The number of aromatic nitrogens is 1. The highest BCUT2D eigenvalue weighted by Crippen LogP contribution is 2.31. The highest BCUT2D eigenvalue weighted by atomic mass is 35.5. The zero-order chi connectivity index (χ0) is 16.2. The molecule has 1 fully saturated rings. The Morgan fingerprint density at radius 1 is 1.28 bits per heavy atom. The molecule has 3 rings (SSSR count). The van der Waals surface area contributed by atoms with Gasteiger partial charge in [0.15, 0.2) is 0 Å². The van der Waals surface area contributed by atoms with Gasteiger partial charge in [0.25, 0.3) is 5.91 Å². The number of hydrogen-bond acceptors (Lipinski definition) is 4. The second-order valence-corrected chi connectivity index (χ2v) is 6.05. The number of halogens is 3. The van der Waals surface area contributed by atoms with E-state index < -0.39 is 0 Å². The van der Waals surface area contributed by atoms with E-state index in [0.29, 0.717) is 34.5 Å². The maximum Gasteiger partial charge on any atom is 0.251 e. The maximum absolute atomic E-state index is 12.1. The molecule has 1 unspecified atom stereocenters. The topological polar surface area (TPSA) is 77.2 Å². The fraction of sp³-hybridized carbons (Fsp3) is 0.294. The summed E-state index contributed by atoms with van der Waals surface area (Å²) in [5, 5.41) is 3.22. The van der Waals surface area contributed by atoms with Crippen LogP contribution in [0.4, 0.5) is 0 Å². The largest absolute Gasteiger partial charge is 0.456 e. The third-order valence-electron chi connectivity index (χ3n) is 3.80. The van der Waals surface area contributed by atoms with Crippen LogP contribution in [0.25, 0.3) is 0 Å². The summed E-state index contributed by atoms with van der Waals surface area (Å²) in [7, 11) is 0. The van der Waals surface area contributed by atoms with E-state index in [1.165, 1.54) is 0 Å². The molecule has 1 saturated carbocycles. The predicted octanol–water partition coefficient (Wildman–Crippen LogP) is 3.84. The van der Waals surface area contributed by atoms with E-state index in [1.54, 1.807) is 42.7 Å². The van der Waals surface area contributed by atoms with E-state index >= 15 is 0 Å². The van der Waals surface area contributed by atoms with Crippen molar-refractivity contribution in [3.63, 3.8) is 0 Å². The molecular weight excluding hydrogens is 385 g/mol. The first-order valence-corrected chi connectivity index (χ1v) is 7.92. The van der Waals surface area contributed by atoms with Crippen LogP contribution in [0, 0.1) is 5.92 Å². The Kier molecular flexibility index (Phi) is 8.45. The number of carbonyl (C=O) groups excluding carboxylic acids is 1. The molecule has 0 saturated heterocycles.